The van der Waals surface area contributed by atoms with Crippen LogP contribution in [0.3, 0.4) is 0 Å². The van der Waals surface area contributed by atoms with Gasteiger partial charge >= 0.3 is 0 Å². The quantitative estimate of drug-likeness (QED) is 0.736. The fraction of sp³-hybridized carbons (Fsp3) is 0.647. The summed E-state index contributed by atoms with van der Waals surface area (Å²) in [5.74, 6) is 0.417. The summed E-state index contributed by atoms with van der Waals surface area (Å²) in [6.07, 6.45) is 2.21. The highest BCUT2D eigenvalue weighted by molar-refractivity contribution is 5.39. The smallest absolute Gasteiger partial charge is 0.0456 e. The van der Waals surface area contributed by atoms with Crippen LogP contribution in [0.1, 0.15) is 55.0 Å². The highest BCUT2D eigenvalue weighted by Gasteiger charge is 2.11. The van der Waals surface area contributed by atoms with E-state index < -0.39 is 0 Å². The van der Waals surface area contributed by atoms with Gasteiger partial charge in [-0.1, -0.05) is 24.6 Å². The molecule has 2 atom stereocenters. The predicted octanol–water partition coefficient (Wildman–Crippen LogP) is 3.67. The summed E-state index contributed by atoms with van der Waals surface area (Å²) in [4.78, 5) is 0. The zero-order valence-electron chi connectivity index (χ0n) is 13.1. The van der Waals surface area contributed by atoms with Crippen LogP contribution in [-0.4, -0.2) is 18.3 Å². The van der Waals surface area contributed by atoms with Crippen molar-refractivity contribution < 1.29 is 5.11 Å². The van der Waals surface area contributed by atoms with Gasteiger partial charge in [0.1, 0.15) is 0 Å². The molecule has 2 nitrogen and oxygen atoms in total. The fourth-order valence-electron chi connectivity index (χ4n) is 2.84. The normalized spacial score (nSPS) is 14.4. The van der Waals surface area contributed by atoms with Gasteiger partial charge in [-0.15, -0.1) is 0 Å². The first-order chi connectivity index (χ1) is 8.95. The summed E-state index contributed by atoms with van der Waals surface area (Å²) in [5, 5.41) is 12.6. The van der Waals surface area contributed by atoms with Gasteiger partial charge in [0.15, 0.2) is 0 Å². The number of benzene rings is 1. The predicted molar refractivity (Wildman–Crippen MR) is 82.6 cm³/mol. The Balaban J connectivity index is 2.52. The van der Waals surface area contributed by atoms with Crippen LogP contribution < -0.4 is 5.32 Å². The van der Waals surface area contributed by atoms with Crippen LogP contribution >= 0.6 is 0 Å². The maximum atomic E-state index is 9.00. The Morgan fingerprint density at radius 3 is 2.21 bits per heavy atom. The molecule has 0 fully saturated rings. The van der Waals surface area contributed by atoms with Gasteiger partial charge in [0.2, 0.25) is 0 Å². The van der Waals surface area contributed by atoms with E-state index in [1.807, 2.05) is 0 Å². The third kappa shape index (κ3) is 4.96. The molecule has 1 rings (SSSR count). The lowest BCUT2D eigenvalue weighted by molar-refractivity contribution is 0.227. The number of hydrogen-bond acceptors (Lipinski definition) is 2. The third-order valence-corrected chi connectivity index (χ3v) is 3.81. The molecule has 1 aromatic carbocycles. The van der Waals surface area contributed by atoms with Crippen LogP contribution in [0.5, 0.6) is 0 Å². The molecule has 0 amide bonds. The van der Waals surface area contributed by atoms with Crippen molar-refractivity contribution in [1.29, 1.82) is 0 Å². The summed E-state index contributed by atoms with van der Waals surface area (Å²) in [6.45, 7) is 12.2. The van der Waals surface area contributed by atoms with Gasteiger partial charge in [0.25, 0.3) is 0 Å². The van der Waals surface area contributed by atoms with Gasteiger partial charge in [-0.2, -0.15) is 0 Å². The molecular weight excluding hydrogens is 234 g/mol. The molecule has 108 valence electrons. The van der Waals surface area contributed by atoms with Crippen molar-refractivity contribution in [1.82, 2.24) is 5.32 Å². The van der Waals surface area contributed by atoms with Crippen LogP contribution in [0, 0.1) is 26.7 Å². The lowest BCUT2D eigenvalue weighted by Crippen LogP contribution is -2.22. The van der Waals surface area contributed by atoms with Crippen molar-refractivity contribution in [3.8, 4) is 0 Å². The van der Waals surface area contributed by atoms with E-state index in [1.165, 1.54) is 22.3 Å². The fourth-order valence-corrected chi connectivity index (χ4v) is 2.84. The number of nitrogens with one attached hydrogen (secondary N) is 1. The summed E-state index contributed by atoms with van der Waals surface area (Å²) < 4.78 is 0. The van der Waals surface area contributed by atoms with E-state index in [4.69, 9.17) is 5.11 Å². The molecule has 0 saturated carbocycles. The molecule has 2 heteroatoms. The van der Waals surface area contributed by atoms with Gasteiger partial charge in [-0.05, 0) is 69.7 Å². The van der Waals surface area contributed by atoms with Gasteiger partial charge in [-0.3, -0.25) is 0 Å². The van der Waals surface area contributed by atoms with E-state index >= 15 is 0 Å². The second kappa shape index (κ2) is 7.66. The molecular formula is C17H29NO. The van der Waals surface area contributed by atoms with Crippen molar-refractivity contribution in [2.24, 2.45) is 5.92 Å². The molecule has 2 unspecified atom stereocenters. The Kier molecular flexibility index (Phi) is 6.53. The number of aliphatic hydroxyl groups excluding tert-OH is 1. The van der Waals surface area contributed by atoms with Crippen LogP contribution in [0.4, 0.5) is 0 Å². The number of aryl methyl sites for hydroxylation is 3. The molecule has 0 spiro atoms. The zero-order chi connectivity index (χ0) is 14.4. The lowest BCUT2D eigenvalue weighted by atomic mass is 9.95. The molecule has 1 aromatic rings. The molecule has 2 N–H and O–H groups in total. The Bertz CT molecular complexity index is 377. The van der Waals surface area contributed by atoms with E-state index in [2.05, 4.69) is 52.1 Å². The molecule has 0 saturated heterocycles. The summed E-state index contributed by atoms with van der Waals surface area (Å²) in [5.41, 5.74) is 5.52. The summed E-state index contributed by atoms with van der Waals surface area (Å²) >= 11 is 0. The molecule has 19 heavy (non-hydrogen) atoms. The molecule has 0 bridgehead atoms. The van der Waals surface area contributed by atoms with Gasteiger partial charge in [0, 0.05) is 12.6 Å². The summed E-state index contributed by atoms with van der Waals surface area (Å²) in [6, 6.07) is 4.91. The van der Waals surface area contributed by atoms with E-state index in [1.54, 1.807) is 0 Å². The highest BCUT2D eigenvalue weighted by Crippen LogP contribution is 2.23. The van der Waals surface area contributed by atoms with Gasteiger partial charge in [0.05, 0.1) is 0 Å². The molecule has 0 radical (unpaired) electrons. The highest BCUT2D eigenvalue weighted by atomic mass is 16.3. The minimum absolute atomic E-state index is 0.297. The molecule has 0 aliphatic carbocycles. The molecule has 0 aliphatic rings. The van der Waals surface area contributed by atoms with Crippen molar-refractivity contribution in [3.63, 3.8) is 0 Å². The summed E-state index contributed by atoms with van der Waals surface area (Å²) in [7, 11) is 0. The average molecular weight is 263 g/mol. The van der Waals surface area contributed by atoms with E-state index in [9.17, 15) is 0 Å². The van der Waals surface area contributed by atoms with Crippen LogP contribution in [-0.2, 0) is 0 Å². The maximum Gasteiger partial charge on any atom is 0.0456 e. The average Bonchev–Trinajstić information content (AvgIpc) is 2.33. The third-order valence-electron chi connectivity index (χ3n) is 3.81. The molecule has 0 aromatic heterocycles. The zero-order valence-corrected chi connectivity index (χ0v) is 13.1. The van der Waals surface area contributed by atoms with Crippen molar-refractivity contribution in [2.75, 3.05) is 13.2 Å². The maximum absolute atomic E-state index is 9.00. The number of hydrogen-bond donors (Lipinski definition) is 2. The Hall–Kier alpha value is -0.860. The van der Waals surface area contributed by atoms with Gasteiger partial charge in [-0.25, -0.2) is 0 Å². The van der Waals surface area contributed by atoms with E-state index in [-0.39, 0.29) is 0 Å². The molecule has 0 heterocycles. The Labute approximate surface area is 118 Å². The van der Waals surface area contributed by atoms with E-state index in [0.717, 1.165) is 19.4 Å². The topological polar surface area (TPSA) is 32.3 Å². The first-order valence-corrected chi connectivity index (χ1v) is 7.37. The largest absolute Gasteiger partial charge is 0.396 e. The minimum atomic E-state index is 0.297. The van der Waals surface area contributed by atoms with Crippen LogP contribution in [0.2, 0.25) is 0 Å². The first-order valence-electron chi connectivity index (χ1n) is 7.37. The van der Waals surface area contributed by atoms with Crippen molar-refractivity contribution in [3.05, 3.63) is 34.4 Å². The SMILES string of the molecule is Cc1cc(C)c(C(C)NCCCC(C)CO)c(C)c1. The van der Waals surface area contributed by atoms with E-state index in [0.29, 0.717) is 18.6 Å². The molecule has 0 aliphatic heterocycles. The van der Waals surface area contributed by atoms with Crippen LogP contribution in [0.15, 0.2) is 12.1 Å². The Morgan fingerprint density at radius 2 is 1.68 bits per heavy atom. The first kappa shape index (κ1) is 16.2. The second-order valence-corrected chi connectivity index (χ2v) is 5.92. The minimum Gasteiger partial charge on any atom is -0.396 e. The monoisotopic (exact) mass is 263 g/mol. The number of rotatable bonds is 7. The Morgan fingerprint density at radius 1 is 1.11 bits per heavy atom. The standard InChI is InChI=1S/C17H29NO/c1-12(11-19)7-6-8-18-16(5)17-14(3)9-13(2)10-15(17)4/h9-10,12,16,18-19H,6-8,11H2,1-5H3. The van der Waals surface area contributed by atoms with Crippen LogP contribution in [0.25, 0.3) is 0 Å². The van der Waals surface area contributed by atoms with Crippen molar-refractivity contribution in [2.45, 2.75) is 53.5 Å². The van der Waals surface area contributed by atoms with Crippen molar-refractivity contribution >= 4 is 0 Å². The second-order valence-electron chi connectivity index (χ2n) is 5.92. The number of aliphatic hydroxyl groups is 1. The lowest BCUT2D eigenvalue weighted by Gasteiger charge is -2.20. The van der Waals surface area contributed by atoms with Gasteiger partial charge < -0.3 is 10.4 Å².